The van der Waals surface area contributed by atoms with E-state index in [0.29, 0.717) is 10.0 Å². The van der Waals surface area contributed by atoms with E-state index < -0.39 is 29.7 Å². The van der Waals surface area contributed by atoms with Crippen molar-refractivity contribution >= 4 is 40.9 Å². The van der Waals surface area contributed by atoms with E-state index in [0.717, 1.165) is 5.56 Å². The molecule has 184 valence electrons. The molecule has 1 aromatic carbocycles. The number of hydrogen-bond acceptors (Lipinski definition) is 7. The zero-order valence-electron chi connectivity index (χ0n) is 20.1. The van der Waals surface area contributed by atoms with Gasteiger partial charge in [0, 0.05) is 41.6 Å². The van der Waals surface area contributed by atoms with Gasteiger partial charge in [0.15, 0.2) is 17.2 Å². The van der Waals surface area contributed by atoms with E-state index in [1.54, 1.807) is 26.0 Å². The van der Waals surface area contributed by atoms with E-state index in [1.165, 1.54) is 26.3 Å². The van der Waals surface area contributed by atoms with Crippen LogP contribution in [0.25, 0.3) is 0 Å². The van der Waals surface area contributed by atoms with Crippen LogP contribution in [0.4, 0.5) is 0 Å². The van der Waals surface area contributed by atoms with Crippen LogP contribution in [0.5, 0.6) is 11.5 Å². The van der Waals surface area contributed by atoms with Crippen LogP contribution in [0.2, 0.25) is 10.0 Å². The molecule has 0 bridgehead atoms. The maximum absolute atomic E-state index is 12.9. The third-order valence-electron chi connectivity index (χ3n) is 5.34. The van der Waals surface area contributed by atoms with Crippen molar-refractivity contribution < 1.29 is 28.6 Å². The summed E-state index contributed by atoms with van der Waals surface area (Å²) in [5, 5.41) is 1.02. The molecular weight excluding hydrogens is 481 g/mol. The van der Waals surface area contributed by atoms with Crippen molar-refractivity contribution in [3.63, 3.8) is 0 Å². The molecule has 0 saturated heterocycles. The van der Waals surface area contributed by atoms with Gasteiger partial charge in [0.05, 0.1) is 13.0 Å². The van der Waals surface area contributed by atoms with Gasteiger partial charge in [0.1, 0.15) is 6.10 Å². The number of aromatic nitrogens is 1. The number of rotatable bonds is 10. The minimum Gasteiger partial charge on any atom is -0.493 e. The molecule has 3 atom stereocenters. The fourth-order valence-corrected chi connectivity index (χ4v) is 4.32. The van der Waals surface area contributed by atoms with Crippen LogP contribution < -0.4 is 9.47 Å². The van der Waals surface area contributed by atoms with Crippen LogP contribution >= 0.6 is 23.2 Å². The fraction of sp³-hybridized carbons (Fsp3) is 0.440. The molecule has 0 aliphatic heterocycles. The van der Waals surface area contributed by atoms with Gasteiger partial charge in [-0.05, 0) is 30.5 Å². The van der Waals surface area contributed by atoms with E-state index in [9.17, 15) is 14.4 Å². The number of ether oxygens (including phenoxy) is 3. The Morgan fingerprint density at radius 3 is 2.29 bits per heavy atom. The summed E-state index contributed by atoms with van der Waals surface area (Å²) in [6, 6.07) is 6.71. The predicted molar refractivity (Wildman–Crippen MR) is 130 cm³/mol. The molecule has 1 heterocycles. The number of pyridine rings is 1. The average Bonchev–Trinajstić information content (AvgIpc) is 2.74. The van der Waals surface area contributed by atoms with Gasteiger partial charge in [-0.25, -0.2) is 4.98 Å². The van der Waals surface area contributed by atoms with E-state index in [2.05, 4.69) is 4.98 Å². The molecule has 0 N–H and O–H groups in total. The highest BCUT2D eigenvalue weighted by Crippen LogP contribution is 2.36. The summed E-state index contributed by atoms with van der Waals surface area (Å²) in [6.07, 6.45) is 0.677. The molecule has 2 rings (SSSR count). The van der Waals surface area contributed by atoms with Crippen molar-refractivity contribution in [3.8, 4) is 11.5 Å². The van der Waals surface area contributed by atoms with Crippen LogP contribution in [0.15, 0.2) is 30.5 Å². The highest BCUT2D eigenvalue weighted by Gasteiger charge is 2.31. The van der Waals surface area contributed by atoms with Crippen molar-refractivity contribution in [2.45, 2.75) is 53.1 Å². The number of carbonyl (C=O) groups excluding carboxylic acids is 3. The monoisotopic (exact) mass is 509 g/mol. The summed E-state index contributed by atoms with van der Waals surface area (Å²) in [5.74, 6) is -2.34. The Balaban J connectivity index is 2.16. The number of carbonyl (C=O) groups is 3. The van der Waals surface area contributed by atoms with Gasteiger partial charge >= 0.3 is 11.9 Å². The summed E-state index contributed by atoms with van der Waals surface area (Å²) in [7, 11) is 1.38. The molecule has 0 spiro atoms. The second kappa shape index (κ2) is 12.2. The van der Waals surface area contributed by atoms with Gasteiger partial charge in [-0.15, -0.1) is 0 Å². The van der Waals surface area contributed by atoms with Crippen molar-refractivity contribution in [1.82, 2.24) is 4.98 Å². The molecule has 9 heteroatoms. The number of hydrogen-bond donors (Lipinski definition) is 0. The zero-order chi connectivity index (χ0) is 25.6. The maximum Gasteiger partial charge on any atom is 0.309 e. The minimum absolute atomic E-state index is 0.0753. The van der Waals surface area contributed by atoms with Crippen LogP contribution in [0.1, 0.15) is 63.0 Å². The van der Waals surface area contributed by atoms with Gasteiger partial charge in [-0.1, -0.05) is 50.0 Å². The predicted octanol–water partition coefficient (Wildman–Crippen LogP) is 5.90. The smallest absolute Gasteiger partial charge is 0.309 e. The summed E-state index contributed by atoms with van der Waals surface area (Å²) in [4.78, 5) is 41.3. The van der Waals surface area contributed by atoms with Gasteiger partial charge in [-0.3, -0.25) is 14.4 Å². The molecule has 34 heavy (non-hydrogen) atoms. The first-order valence-electron chi connectivity index (χ1n) is 10.9. The number of esters is 2. The lowest BCUT2D eigenvalue weighted by atomic mass is 9.84. The Bertz CT molecular complexity index is 1060. The van der Waals surface area contributed by atoms with Crippen molar-refractivity contribution in [1.29, 1.82) is 0 Å². The van der Waals surface area contributed by atoms with E-state index in [1.807, 2.05) is 19.9 Å². The van der Waals surface area contributed by atoms with Crippen LogP contribution in [0, 0.1) is 11.8 Å². The Kier molecular flexibility index (Phi) is 9.89. The van der Waals surface area contributed by atoms with Gasteiger partial charge < -0.3 is 14.2 Å². The van der Waals surface area contributed by atoms with E-state index in [-0.39, 0.29) is 35.4 Å². The molecule has 2 aromatic rings. The van der Waals surface area contributed by atoms with Gasteiger partial charge in [0.2, 0.25) is 5.75 Å². The number of methoxy groups -OCH3 is 1. The van der Waals surface area contributed by atoms with Gasteiger partial charge in [-0.2, -0.15) is 0 Å². The lowest BCUT2D eigenvalue weighted by Gasteiger charge is -2.29. The fourth-order valence-electron chi connectivity index (χ4n) is 3.79. The third-order valence-corrected chi connectivity index (χ3v) is 5.90. The second-order valence-corrected chi connectivity index (χ2v) is 9.23. The van der Waals surface area contributed by atoms with Crippen LogP contribution in [-0.4, -0.2) is 35.9 Å². The lowest BCUT2D eigenvalue weighted by Crippen LogP contribution is -2.29. The Morgan fingerprint density at radius 2 is 1.74 bits per heavy atom. The SMILES string of the molecule is COc1ccnc(C(=O)C[C@@H](C)C(=O)O[C@@H](C)[C@H](c2ccc(Cl)cc2Cl)C(C)C)c1OC(C)=O. The molecule has 1 aromatic heterocycles. The lowest BCUT2D eigenvalue weighted by molar-refractivity contribution is -0.154. The molecule has 0 fully saturated rings. The highest BCUT2D eigenvalue weighted by atomic mass is 35.5. The number of halogens is 2. The number of nitrogens with zero attached hydrogens (tertiary/aromatic N) is 1. The largest absolute Gasteiger partial charge is 0.493 e. The molecule has 0 aliphatic carbocycles. The first-order valence-corrected chi connectivity index (χ1v) is 11.6. The van der Waals surface area contributed by atoms with Crippen molar-refractivity contribution in [2.24, 2.45) is 11.8 Å². The zero-order valence-corrected chi connectivity index (χ0v) is 21.6. The third kappa shape index (κ3) is 6.93. The first kappa shape index (κ1) is 27.6. The summed E-state index contributed by atoms with van der Waals surface area (Å²) in [6.45, 7) is 8.62. The summed E-state index contributed by atoms with van der Waals surface area (Å²) < 4.78 is 16.0. The second-order valence-electron chi connectivity index (χ2n) is 8.39. The van der Waals surface area contributed by atoms with E-state index in [4.69, 9.17) is 37.4 Å². The first-order chi connectivity index (χ1) is 16.0. The average molecular weight is 510 g/mol. The molecule has 7 nitrogen and oxygen atoms in total. The van der Waals surface area contributed by atoms with Gasteiger partial charge in [0.25, 0.3) is 0 Å². The molecule has 0 radical (unpaired) electrons. The highest BCUT2D eigenvalue weighted by molar-refractivity contribution is 6.35. The van der Waals surface area contributed by atoms with Crippen molar-refractivity contribution in [2.75, 3.05) is 7.11 Å². The molecule has 0 aliphatic rings. The Morgan fingerprint density at radius 1 is 1.06 bits per heavy atom. The topological polar surface area (TPSA) is 91.8 Å². The molecular formula is C25H29Cl2NO6. The van der Waals surface area contributed by atoms with Crippen LogP contribution in [0.3, 0.4) is 0 Å². The Hall–Kier alpha value is -2.64. The van der Waals surface area contributed by atoms with Crippen molar-refractivity contribution in [3.05, 3.63) is 51.8 Å². The quantitative estimate of drug-likeness (QED) is 0.290. The summed E-state index contributed by atoms with van der Waals surface area (Å²) >= 11 is 12.4. The van der Waals surface area contributed by atoms with E-state index >= 15 is 0 Å². The molecule has 0 saturated carbocycles. The number of benzene rings is 1. The standard InChI is InChI=1S/C25H29Cl2NO6/c1-13(2)22(18-8-7-17(26)12-19(18)27)15(4)33-25(31)14(3)11-20(30)23-24(34-16(5)29)21(32-6)9-10-28-23/h7-10,12-15,22H,11H2,1-6H3/t14-,15+,22-/m1/s1. The molecule has 0 unspecified atom stereocenters. The molecule has 0 amide bonds. The number of Topliss-reactive ketones (excluding diaryl/α,β-unsaturated/α-hetero) is 1. The maximum atomic E-state index is 12.9. The minimum atomic E-state index is -0.762. The summed E-state index contributed by atoms with van der Waals surface area (Å²) in [5.41, 5.74) is 0.743. The normalized spacial score (nSPS) is 13.7. The van der Waals surface area contributed by atoms with Crippen LogP contribution in [-0.2, 0) is 14.3 Å². The number of ketones is 1. The Labute approximate surface area is 209 Å².